The summed E-state index contributed by atoms with van der Waals surface area (Å²) in [7, 11) is 0. The van der Waals surface area contributed by atoms with Crippen LogP contribution in [0.5, 0.6) is 0 Å². The van der Waals surface area contributed by atoms with Gasteiger partial charge in [-0.25, -0.2) is 0 Å². The Labute approximate surface area is 135 Å². The zero-order chi connectivity index (χ0) is 16.2. The molecule has 1 saturated heterocycles. The van der Waals surface area contributed by atoms with Crippen molar-refractivity contribution in [2.45, 2.75) is 71.3 Å². The molecule has 1 aliphatic heterocycles. The molecule has 5 heteroatoms. The lowest BCUT2D eigenvalue weighted by Crippen LogP contribution is -2.48. The molecule has 0 aromatic rings. The fourth-order valence-corrected chi connectivity index (χ4v) is 2.83. The molecule has 1 fully saturated rings. The first-order chi connectivity index (χ1) is 10.7. The molecule has 0 unspecified atom stereocenters. The van der Waals surface area contributed by atoms with Crippen LogP contribution in [-0.4, -0.2) is 48.9 Å². The number of nitrogens with zero attached hydrogens (tertiary/aromatic N) is 1. The molecular weight excluding hydrogens is 278 g/mol. The van der Waals surface area contributed by atoms with Crippen LogP contribution in [0.1, 0.15) is 65.2 Å². The van der Waals surface area contributed by atoms with Gasteiger partial charge >= 0.3 is 0 Å². The molecule has 128 valence electrons. The summed E-state index contributed by atoms with van der Waals surface area (Å²) in [6, 6.07) is 0.222. The van der Waals surface area contributed by atoms with Crippen LogP contribution in [0.15, 0.2) is 0 Å². The number of carbonyl (C=O) groups is 2. The lowest BCUT2D eigenvalue weighted by Gasteiger charge is -2.32. The van der Waals surface area contributed by atoms with Gasteiger partial charge in [0, 0.05) is 25.6 Å². The molecule has 0 aromatic carbocycles. The van der Waals surface area contributed by atoms with Crippen LogP contribution in [0.4, 0.5) is 0 Å². The number of hydrogen-bond acceptors (Lipinski definition) is 3. The molecule has 1 rings (SSSR count). The van der Waals surface area contributed by atoms with Gasteiger partial charge in [-0.2, -0.15) is 0 Å². The smallest absolute Gasteiger partial charge is 0.234 e. The Kier molecular flexibility index (Phi) is 9.87. The lowest BCUT2D eigenvalue weighted by atomic mass is 10.0. The summed E-state index contributed by atoms with van der Waals surface area (Å²) in [5.74, 6) is 0.344. The van der Waals surface area contributed by atoms with Crippen molar-refractivity contribution < 1.29 is 9.59 Å². The zero-order valence-corrected chi connectivity index (χ0v) is 14.3. The molecule has 0 aromatic heterocycles. The van der Waals surface area contributed by atoms with E-state index in [1.807, 2.05) is 11.8 Å². The van der Waals surface area contributed by atoms with Crippen LogP contribution in [0.3, 0.4) is 0 Å². The van der Waals surface area contributed by atoms with Gasteiger partial charge in [-0.1, -0.05) is 39.5 Å². The Morgan fingerprint density at radius 3 is 2.36 bits per heavy atom. The van der Waals surface area contributed by atoms with E-state index in [1.54, 1.807) is 0 Å². The van der Waals surface area contributed by atoms with Crippen LogP contribution in [-0.2, 0) is 9.59 Å². The quantitative estimate of drug-likeness (QED) is 0.607. The third-order valence-corrected chi connectivity index (χ3v) is 4.24. The van der Waals surface area contributed by atoms with Gasteiger partial charge in [0.1, 0.15) is 0 Å². The summed E-state index contributed by atoms with van der Waals surface area (Å²) in [4.78, 5) is 25.8. The van der Waals surface area contributed by atoms with Crippen molar-refractivity contribution in [2.75, 3.05) is 26.2 Å². The van der Waals surface area contributed by atoms with Gasteiger partial charge in [-0.05, 0) is 25.8 Å². The molecule has 0 radical (unpaired) electrons. The Morgan fingerprint density at radius 1 is 1.05 bits per heavy atom. The van der Waals surface area contributed by atoms with Gasteiger partial charge in [0.2, 0.25) is 11.8 Å². The number of carbonyl (C=O) groups excluding carboxylic acids is 2. The topological polar surface area (TPSA) is 61.4 Å². The molecule has 0 aliphatic carbocycles. The number of unbranched alkanes of at least 4 members (excludes halogenated alkanes) is 4. The maximum Gasteiger partial charge on any atom is 0.234 e. The molecule has 0 spiro atoms. The standard InChI is InChI=1S/C17H33N3O2/c1-3-5-6-7-8-9-17(22)20-12-10-15(11-13-20)19-16(21)14-18-4-2/h15,18H,3-14H2,1-2H3,(H,19,21). The number of piperidine rings is 1. The van der Waals surface area contributed by atoms with Crippen molar-refractivity contribution in [3.05, 3.63) is 0 Å². The molecule has 2 N–H and O–H groups in total. The molecule has 1 heterocycles. The molecule has 2 amide bonds. The first kappa shape index (κ1) is 18.9. The van der Waals surface area contributed by atoms with Gasteiger partial charge in [0.15, 0.2) is 0 Å². The molecule has 1 aliphatic rings. The maximum atomic E-state index is 12.1. The number of likely N-dealkylation sites (tertiary alicyclic amines) is 1. The van der Waals surface area contributed by atoms with Crippen molar-refractivity contribution >= 4 is 11.8 Å². The second-order valence-electron chi connectivity index (χ2n) is 6.17. The van der Waals surface area contributed by atoms with E-state index in [9.17, 15) is 9.59 Å². The van der Waals surface area contributed by atoms with E-state index in [-0.39, 0.29) is 17.9 Å². The van der Waals surface area contributed by atoms with Crippen LogP contribution >= 0.6 is 0 Å². The van der Waals surface area contributed by atoms with Crippen molar-refractivity contribution in [1.29, 1.82) is 0 Å². The molecular formula is C17H33N3O2. The molecule has 0 saturated carbocycles. The molecule has 5 nitrogen and oxygen atoms in total. The predicted molar refractivity (Wildman–Crippen MR) is 89.7 cm³/mol. The fraction of sp³-hybridized carbons (Fsp3) is 0.882. The summed E-state index contributed by atoms with van der Waals surface area (Å²) >= 11 is 0. The minimum Gasteiger partial charge on any atom is -0.352 e. The summed E-state index contributed by atoms with van der Waals surface area (Å²) in [6.07, 6.45) is 8.35. The predicted octanol–water partition coefficient (Wildman–Crippen LogP) is 2.06. The van der Waals surface area contributed by atoms with Gasteiger partial charge in [-0.3, -0.25) is 9.59 Å². The summed E-state index contributed by atoms with van der Waals surface area (Å²) in [5.41, 5.74) is 0. The van der Waals surface area contributed by atoms with Crippen LogP contribution in [0, 0.1) is 0 Å². The summed E-state index contributed by atoms with van der Waals surface area (Å²) in [6.45, 7) is 6.93. The third-order valence-electron chi connectivity index (χ3n) is 4.24. The maximum absolute atomic E-state index is 12.1. The highest BCUT2D eigenvalue weighted by Crippen LogP contribution is 2.13. The van der Waals surface area contributed by atoms with E-state index in [4.69, 9.17) is 0 Å². The number of likely N-dealkylation sites (N-methyl/N-ethyl adjacent to an activating group) is 1. The number of amides is 2. The first-order valence-electron chi connectivity index (χ1n) is 8.95. The highest BCUT2D eigenvalue weighted by atomic mass is 16.2. The summed E-state index contributed by atoms with van der Waals surface area (Å²) in [5, 5.41) is 6.07. The SMILES string of the molecule is CCCCCCCC(=O)N1CCC(NC(=O)CNCC)CC1. The Morgan fingerprint density at radius 2 is 1.73 bits per heavy atom. The Bertz CT molecular complexity index is 326. The van der Waals surface area contributed by atoms with E-state index in [1.165, 1.54) is 19.3 Å². The minimum absolute atomic E-state index is 0.0579. The Hall–Kier alpha value is -1.10. The highest BCUT2D eigenvalue weighted by Gasteiger charge is 2.23. The van der Waals surface area contributed by atoms with Crippen LogP contribution in [0.2, 0.25) is 0 Å². The largest absolute Gasteiger partial charge is 0.352 e. The third kappa shape index (κ3) is 7.78. The van der Waals surface area contributed by atoms with E-state index >= 15 is 0 Å². The summed E-state index contributed by atoms with van der Waals surface area (Å²) < 4.78 is 0. The molecule has 22 heavy (non-hydrogen) atoms. The number of rotatable bonds is 10. The van der Waals surface area contributed by atoms with Crippen molar-refractivity contribution in [3.63, 3.8) is 0 Å². The minimum atomic E-state index is 0.0579. The van der Waals surface area contributed by atoms with Crippen molar-refractivity contribution in [1.82, 2.24) is 15.5 Å². The number of hydrogen-bond donors (Lipinski definition) is 2. The van der Waals surface area contributed by atoms with E-state index in [0.717, 1.165) is 45.3 Å². The van der Waals surface area contributed by atoms with E-state index in [2.05, 4.69) is 17.6 Å². The first-order valence-corrected chi connectivity index (χ1v) is 8.95. The highest BCUT2D eigenvalue weighted by molar-refractivity contribution is 5.78. The lowest BCUT2D eigenvalue weighted by molar-refractivity contribution is -0.132. The van der Waals surface area contributed by atoms with Gasteiger partial charge in [0.05, 0.1) is 6.54 Å². The second-order valence-corrected chi connectivity index (χ2v) is 6.17. The van der Waals surface area contributed by atoms with Crippen LogP contribution in [0.25, 0.3) is 0 Å². The zero-order valence-electron chi connectivity index (χ0n) is 14.3. The average molecular weight is 311 g/mol. The normalized spacial score (nSPS) is 15.8. The molecule has 0 atom stereocenters. The fourth-order valence-electron chi connectivity index (χ4n) is 2.83. The molecule has 0 bridgehead atoms. The van der Waals surface area contributed by atoms with E-state index in [0.29, 0.717) is 13.0 Å². The Balaban J connectivity index is 2.13. The van der Waals surface area contributed by atoms with Gasteiger partial charge in [0.25, 0.3) is 0 Å². The van der Waals surface area contributed by atoms with Gasteiger partial charge < -0.3 is 15.5 Å². The van der Waals surface area contributed by atoms with E-state index < -0.39 is 0 Å². The van der Waals surface area contributed by atoms with Crippen LogP contribution < -0.4 is 10.6 Å². The second kappa shape index (κ2) is 11.5. The monoisotopic (exact) mass is 311 g/mol. The van der Waals surface area contributed by atoms with Crippen molar-refractivity contribution in [2.24, 2.45) is 0 Å². The van der Waals surface area contributed by atoms with Crippen molar-refractivity contribution in [3.8, 4) is 0 Å². The number of nitrogens with one attached hydrogen (secondary N) is 2. The average Bonchev–Trinajstić information content (AvgIpc) is 2.53. The van der Waals surface area contributed by atoms with Gasteiger partial charge in [-0.15, -0.1) is 0 Å².